The van der Waals surface area contributed by atoms with Crippen LogP contribution in [0.1, 0.15) is 157 Å². The van der Waals surface area contributed by atoms with Crippen LogP contribution in [0.5, 0.6) is 11.5 Å². The number of hydrogen-bond donors (Lipinski definition) is 2. The molecule has 0 saturated heterocycles. The van der Waals surface area contributed by atoms with Crippen LogP contribution in [0, 0.1) is 0 Å². The molecule has 2 aromatic heterocycles. The molecule has 2 saturated carbocycles. The minimum absolute atomic E-state index is 0. The molecule has 0 amide bonds. The Bertz CT molecular complexity index is 2580. The van der Waals surface area contributed by atoms with Gasteiger partial charge < -0.3 is 39.2 Å². The van der Waals surface area contributed by atoms with Gasteiger partial charge in [0.2, 0.25) is 0 Å². The van der Waals surface area contributed by atoms with Crippen LogP contribution in [-0.4, -0.2) is 59.6 Å². The Hall–Kier alpha value is -4.66. The number of hydrogen-bond acceptors (Lipinski definition) is 6. The van der Waals surface area contributed by atoms with E-state index in [-0.39, 0.29) is 87.5 Å². The Kier molecular flexibility index (Phi) is 14.7. The number of carboxylic acid groups (broad SMARTS) is 2. The molecule has 15 heteroatoms. The second-order valence-electron chi connectivity index (χ2n) is 18.5. The van der Waals surface area contributed by atoms with E-state index in [1.807, 2.05) is 24.3 Å². The molecule has 348 valence electrons. The molecule has 0 unspecified atom stereocenters. The first-order chi connectivity index (χ1) is 31.6. The zero-order chi connectivity index (χ0) is 46.3. The zero-order valence-electron chi connectivity index (χ0n) is 37.0. The number of aromatic amines is 2. The van der Waals surface area contributed by atoms with Gasteiger partial charge in [-0.25, -0.2) is 0 Å². The van der Waals surface area contributed by atoms with Gasteiger partial charge in [0.1, 0.15) is 24.7 Å². The van der Waals surface area contributed by atoms with Crippen LogP contribution in [0.15, 0.2) is 72.8 Å². The number of aromatic nitrogens is 2. The third kappa shape index (κ3) is 10.8. The van der Waals surface area contributed by atoms with E-state index in [0.717, 1.165) is 121 Å². The Balaban J connectivity index is 0.000000179. The molecule has 2 atom stereocenters. The maximum Gasteiger partial charge on any atom is 2.00 e. The number of alkyl halides is 6. The average Bonchev–Trinajstić information content (AvgIpc) is 4.14. The number of H-pyrrole nitrogens is 2. The van der Waals surface area contributed by atoms with E-state index in [1.54, 1.807) is 36.4 Å². The van der Waals surface area contributed by atoms with Gasteiger partial charge >= 0.3 is 50.1 Å². The minimum Gasteiger partial charge on any atom is -0.550 e. The molecule has 0 bridgehead atoms. The summed E-state index contributed by atoms with van der Waals surface area (Å²) in [6, 6.07) is 20.2. The Labute approximate surface area is 413 Å². The fraction of sp³-hybridized carbons (Fsp3) is 0.423. The Morgan fingerprint density at radius 3 is 1.30 bits per heavy atom. The summed E-state index contributed by atoms with van der Waals surface area (Å²) < 4.78 is 94.2. The van der Waals surface area contributed by atoms with E-state index in [4.69, 9.17) is 9.47 Å². The summed E-state index contributed by atoms with van der Waals surface area (Å²) >= 11 is 0. The molecule has 6 aromatic rings. The second-order valence-corrected chi connectivity index (χ2v) is 18.5. The Morgan fingerprint density at radius 2 is 0.940 bits per heavy atom. The van der Waals surface area contributed by atoms with Crippen molar-refractivity contribution in [3.8, 4) is 11.5 Å². The van der Waals surface area contributed by atoms with Gasteiger partial charge in [0.15, 0.2) is 0 Å². The predicted molar refractivity (Wildman–Crippen MR) is 238 cm³/mol. The van der Waals surface area contributed by atoms with Gasteiger partial charge in [0, 0.05) is 57.0 Å². The molecule has 10 rings (SSSR count). The van der Waals surface area contributed by atoms with Crippen molar-refractivity contribution in [1.29, 1.82) is 0 Å². The normalized spacial score (nSPS) is 18.4. The number of aliphatic carboxylic acids is 2. The summed E-state index contributed by atoms with van der Waals surface area (Å²) in [5, 5.41) is 24.0. The van der Waals surface area contributed by atoms with Crippen LogP contribution in [-0.2, 0) is 48.0 Å². The molecule has 8 nitrogen and oxygen atoms in total. The molecular formula is C52H50CaF6N2O6. The molecule has 0 aliphatic heterocycles. The standard InChI is InChI=1S/2C26H26F3NO3.Ca/c2*27-26(28,29)22-11-15(5-8-19(22)16-3-1-2-4-16)14-33-18-7-10-23-21(13-18)20-9-6-17(12-24(31)32)25(20)30-23;/h2*5,7-8,10-11,13,16-17,30H,1-4,6,9,12,14H2,(H,31,32);/q;;+2/p-2/t2*17-;/m11./s1. The van der Waals surface area contributed by atoms with E-state index >= 15 is 0 Å². The molecular weight excluding hydrogens is 903 g/mol. The smallest absolute Gasteiger partial charge is 0.550 e. The van der Waals surface area contributed by atoms with Gasteiger partial charge in [-0.2, -0.15) is 26.3 Å². The quantitative estimate of drug-likeness (QED) is 0.0928. The van der Waals surface area contributed by atoms with Crippen LogP contribution >= 0.6 is 0 Å². The third-order valence-corrected chi connectivity index (χ3v) is 14.2. The van der Waals surface area contributed by atoms with Crippen molar-refractivity contribution in [3.63, 3.8) is 0 Å². The maximum absolute atomic E-state index is 13.7. The fourth-order valence-corrected chi connectivity index (χ4v) is 11.0. The second kappa shape index (κ2) is 20.1. The third-order valence-electron chi connectivity index (χ3n) is 14.2. The van der Waals surface area contributed by atoms with E-state index in [0.29, 0.717) is 33.8 Å². The molecule has 2 fully saturated rings. The Morgan fingerprint density at radius 1 is 0.552 bits per heavy atom. The number of aryl methyl sites for hydroxylation is 2. The van der Waals surface area contributed by atoms with Crippen LogP contribution in [0.3, 0.4) is 0 Å². The number of fused-ring (bicyclic) bond motifs is 6. The summed E-state index contributed by atoms with van der Waals surface area (Å²) in [6.07, 6.45) is 1.40. The maximum atomic E-state index is 13.7. The van der Waals surface area contributed by atoms with Gasteiger partial charge in [-0.05, 0) is 158 Å². The first-order valence-electron chi connectivity index (χ1n) is 22.9. The SMILES string of the molecule is O=C([O-])C[C@H]1CCc2c1[nH]c1ccc(OCc3ccc(C4CCCC4)c(C(F)(F)F)c3)cc21.O=C([O-])C[C@H]1CCc2c1[nH]c1ccc(OCc3ccc(C4CCCC4)c(C(F)(F)F)c3)cc21.[Ca+2]. The van der Waals surface area contributed by atoms with Crippen molar-refractivity contribution in [1.82, 2.24) is 9.97 Å². The summed E-state index contributed by atoms with van der Waals surface area (Å²) in [6.45, 7) is 0.0823. The minimum atomic E-state index is -4.39. The zero-order valence-corrected chi connectivity index (χ0v) is 39.2. The van der Waals surface area contributed by atoms with Crippen molar-refractivity contribution in [2.75, 3.05) is 0 Å². The number of benzene rings is 4. The summed E-state index contributed by atoms with van der Waals surface area (Å²) in [4.78, 5) is 28.7. The van der Waals surface area contributed by atoms with Crippen LogP contribution in [0.2, 0.25) is 0 Å². The number of carbonyl (C=O) groups is 2. The van der Waals surface area contributed by atoms with Crippen molar-refractivity contribution in [3.05, 3.63) is 129 Å². The molecule has 2 heterocycles. The number of ether oxygens (including phenoxy) is 2. The number of halogens is 6. The van der Waals surface area contributed by atoms with Crippen LogP contribution < -0.4 is 19.7 Å². The molecule has 0 radical (unpaired) electrons. The van der Waals surface area contributed by atoms with Gasteiger partial charge in [0.25, 0.3) is 0 Å². The van der Waals surface area contributed by atoms with Crippen molar-refractivity contribution in [2.45, 2.75) is 139 Å². The van der Waals surface area contributed by atoms with Crippen LogP contribution in [0.4, 0.5) is 26.3 Å². The molecule has 4 aliphatic rings. The van der Waals surface area contributed by atoms with Crippen molar-refractivity contribution in [2.24, 2.45) is 0 Å². The molecule has 4 aromatic carbocycles. The van der Waals surface area contributed by atoms with E-state index in [2.05, 4.69) is 9.97 Å². The summed E-state index contributed by atoms with van der Waals surface area (Å²) in [5.74, 6) is -1.18. The largest absolute Gasteiger partial charge is 2.00 e. The molecule has 67 heavy (non-hydrogen) atoms. The molecule has 2 N–H and O–H groups in total. The number of carboxylic acids is 2. The summed E-state index contributed by atoms with van der Waals surface area (Å²) in [5.41, 5.74) is 6.51. The predicted octanol–water partition coefficient (Wildman–Crippen LogP) is 10.8. The average molecular weight is 953 g/mol. The number of nitrogens with one attached hydrogen (secondary N) is 2. The van der Waals surface area contributed by atoms with Gasteiger partial charge in [-0.3, -0.25) is 0 Å². The van der Waals surface area contributed by atoms with Gasteiger partial charge in [-0.1, -0.05) is 49.9 Å². The number of carbonyl (C=O) groups excluding carboxylic acids is 2. The molecule has 4 aliphatic carbocycles. The number of rotatable bonds is 12. The van der Waals surface area contributed by atoms with Crippen LogP contribution in [0.25, 0.3) is 21.8 Å². The van der Waals surface area contributed by atoms with E-state index < -0.39 is 35.4 Å². The van der Waals surface area contributed by atoms with E-state index in [9.17, 15) is 46.1 Å². The first-order valence-corrected chi connectivity index (χ1v) is 22.9. The van der Waals surface area contributed by atoms with Crippen molar-refractivity contribution >= 4 is 71.5 Å². The van der Waals surface area contributed by atoms with E-state index in [1.165, 1.54) is 12.1 Å². The fourth-order valence-electron chi connectivity index (χ4n) is 11.0. The first kappa shape index (κ1) is 48.8. The monoisotopic (exact) mass is 952 g/mol. The molecule has 0 spiro atoms. The summed E-state index contributed by atoms with van der Waals surface area (Å²) in [7, 11) is 0. The topological polar surface area (TPSA) is 130 Å². The van der Waals surface area contributed by atoms with Gasteiger partial charge in [-0.15, -0.1) is 0 Å². The van der Waals surface area contributed by atoms with Gasteiger partial charge in [0.05, 0.1) is 11.1 Å². The van der Waals surface area contributed by atoms with Crippen molar-refractivity contribution < 1.29 is 55.6 Å².